The molecule has 0 aromatic rings. The maximum Gasteiger partial charge on any atom is 0.306 e. The van der Waals surface area contributed by atoms with Crippen LogP contribution in [0, 0.1) is 0 Å². The number of esters is 2. The molecule has 60 heavy (non-hydrogen) atoms. The van der Waals surface area contributed by atoms with Crippen LogP contribution in [0.5, 0.6) is 0 Å². The van der Waals surface area contributed by atoms with Crippen molar-refractivity contribution in [2.24, 2.45) is 0 Å². The van der Waals surface area contributed by atoms with E-state index in [0.29, 0.717) is 30.3 Å². The minimum atomic E-state index is -4.66. The predicted octanol–water partition coefficient (Wildman–Crippen LogP) is 12.7. The van der Waals surface area contributed by atoms with Crippen molar-refractivity contribution in [1.82, 2.24) is 0 Å². The first kappa shape index (κ1) is 56.9. The SMILES string of the molecule is CCCCC/C=C\C/C=C\C/C=C\C/C=C\C/C=C\CCC(=O)OC[C@H](COP(=O)([O-])OCC[N+](C)(C)C)OC(=O)CCC/C=C\C/C=C\C/C=C\CCCCCCCC. The van der Waals surface area contributed by atoms with Crippen LogP contribution in [0.2, 0.25) is 0 Å². The molecule has 0 rings (SSSR count). The number of carbonyl (C=O) groups is 2. The zero-order valence-electron chi connectivity index (χ0n) is 38.4. The van der Waals surface area contributed by atoms with Gasteiger partial charge < -0.3 is 27.9 Å². The second-order valence-electron chi connectivity index (χ2n) is 16.1. The monoisotopic (exact) mass is 858 g/mol. The zero-order valence-corrected chi connectivity index (χ0v) is 39.3. The van der Waals surface area contributed by atoms with E-state index in [1.807, 2.05) is 39.4 Å². The van der Waals surface area contributed by atoms with Crippen LogP contribution in [-0.2, 0) is 32.7 Å². The average Bonchev–Trinajstić information content (AvgIpc) is 3.20. The van der Waals surface area contributed by atoms with Crippen molar-refractivity contribution in [2.75, 3.05) is 47.5 Å². The summed E-state index contributed by atoms with van der Waals surface area (Å²) in [5.41, 5.74) is 0. The second kappa shape index (κ2) is 41.3. The Kier molecular flexibility index (Phi) is 39.2. The van der Waals surface area contributed by atoms with Crippen molar-refractivity contribution in [3.8, 4) is 0 Å². The lowest BCUT2D eigenvalue weighted by Crippen LogP contribution is -2.37. The molecular weight excluding hydrogens is 774 g/mol. The zero-order chi connectivity index (χ0) is 44.3. The van der Waals surface area contributed by atoms with Gasteiger partial charge in [-0.2, -0.15) is 0 Å². The van der Waals surface area contributed by atoms with Gasteiger partial charge in [0.15, 0.2) is 6.10 Å². The fourth-order valence-electron chi connectivity index (χ4n) is 5.47. The summed E-state index contributed by atoms with van der Waals surface area (Å²) in [6.45, 7) is 4.02. The minimum Gasteiger partial charge on any atom is -0.756 e. The summed E-state index contributed by atoms with van der Waals surface area (Å²) >= 11 is 0. The average molecular weight is 858 g/mol. The number of allylic oxidation sites excluding steroid dienone is 16. The summed E-state index contributed by atoms with van der Waals surface area (Å²) < 4.78 is 33.8. The van der Waals surface area contributed by atoms with Crippen molar-refractivity contribution in [3.05, 3.63) is 97.2 Å². The van der Waals surface area contributed by atoms with Crippen molar-refractivity contribution >= 4 is 19.8 Å². The van der Waals surface area contributed by atoms with E-state index >= 15 is 0 Å². The summed E-state index contributed by atoms with van der Waals surface area (Å²) in [4.78, 5) is 37.5. The van der Waals surface area contributed by atoms with Crippen LogP contribution in [0.1, 0.15) is 155 Å². The van der Waals surface area contributed by atoms with Gasteiger partial charge in [-0.25, -0.2) is 0 Å². The molecule has 0 aliphatic heterocycles. The molecule has 0 aromatic heterocycles. The van der Waals surface area contributed by atoms with Gasteiger partial charge in [0.1, 0.15) is 19.8 Å². The fourth-order valence-corrected chi connectivity index (χ4v) is 6.20. The number of quaternary nitrogens is 1. The third-order valence-corrected chi connectivity index (χ3v) is 10.1. The Morgan fingerprint density at radius 3 is 1.43 bits per heavy atom. The third-order valence-electron chi connectivity index (χ3n) is 9.09. The smallest absolute Gasteiger partial charge is 0.306 e. The van der Waals surface area contributed by atoms with E-state index in [4.69, 9.17) is 18.5 Å². The highest BCUT2D eigenvalue weighted by molar-refractivity contribution is 7.45. The van der Waals surface area contributed by atoms with Crippen molar-refractivity contribution in [2.45, 2.75) is 161 Å². The number of phosphoric acid groups is 1. The lowest BCUT2D eigenvalue weighted by atomic mass is 10.1. The number of rotatable bonds is 40. The number of hydrogen-bond donors (Lipinski definition) is 0. The Morgan fingerprint density at radius 2 is 0.933 bits per heavy atom. The van der Waals surface area contributed by atoms with Gasteiger partial charge in [-0.1, -0.05) is 156 Å². The fraction of sp³-hybridized carbons (Fsp3) is 0.640. The quantitative estimate of drug-likeness (QED) is 0.0197. The lowest BCUT2D eigenvalue weighted by molar-refractivity contribution is -0.870. The van der Waals surface area contributed by atoms with Gasteiger partial charge in [-0.05, 0) is 83.5 Å². The molecule has 10 heteroatoms. The molecule has 9 nitrogen and oxygen atoms in total. The molecule has 0 amide bonds. The highest BCUT2D eigenvalue weighted by atomic mass is 31.2. The molecule has 342 valence electrons. The minimum absolute atomic E-state index is 0.0562. The molecule has 0 aromatic carbocycles. The Labute approximate surface area is 366 Å². The number of ether oxygens (including phenoxy) is 2. The van der Waals surface area contributed by atoms with Gasteiger partial charge in [0.05, 0.1) is 27.7 Å². The van der Waals surface area contributed by atoms with Gasteiger partial charge in [0.25, 0.3) is 7.82 Å². The van der Waals surface area contributed by atoms with Crippen LogP contribution in [-0.4, -0.2) is 70.0 Å². The van der Waals surface area contributed by atoms with Crippen LogP contribution in [0.3, 0.4) is 0 Å². The van der Waals surface area contributed by atoms with E-state index in [2.05, 4.69) is 92.8 Å². The van der Waals surface area contributed by atoms with Gasteiger partial charge in [-0.15, -0.1) is 0 Å². The third kappa shape index (κ3) is 44.5. The number of hydrogen-bond acceptors (Lipinski definition) is 8. The summed E-state index contributed by atoms with van der Waals surface area (Å²) in [6.07, 6.45) is 54.6. The summed E-state index contributed by atoms with van der Waals surface area (Å²) in [7, 11) is 1.08. The molecule has 2 atom stereocenters. The summed E-state index contributed by atoms with van der Waals surface area (Å²) in [5.74, 6) is -1.00. The first-order chi connectivity index (χ1) is 29.0. The van der Waals surface area contributed by atoms with Gasteiger partial charge >= 0.3 is 11.9 Å². The number of phosphoric ester groups is 1. The molecule has 0 spiro atoms. The van der Waals surface area contributed by atoms with Crippen molar-refractivity contribution in [3.63, 3.8) is 0 Å². The van der Waals surface area contributed by atoms with E-state index in [9.17, 15) is 19.0 Å². The number of carbonyl (C=O) groups excluding carboxylic acids is 2. The van der Waals surface area contributed by atoms with E-state index in [0.717, 1.165) is 44.9 Å². The van der Waals surface area contributed by atoms with Crippen molar-refractivity contribution < 1.29 is 42.1 Å². The molecule has 0 aliphatic carbocycles. The van der Waals surface area contributed by atoms with Crippen molar-refractivity contribution in [1.29, 1.82) is 0 Å². The molecule has 0 bridgehead atoms. The van der Waals surface area contributed by atoms with E-state index in [1.54, 1.807) is 0 Å². The Bertz CT molecular complexity index is 1340. The Hall–Kier alpha value is -3.07. The number of unbranched alkanes of at least 4 members (excludes halogenated alkanes) is 10. The number of likely N-dealkylation sites (N-methyl/N-ethyl adjacent to an activating group) is 1. The molecule has 0 N–H and O–H groups in total. The number of nitrogens with zero attached hydrogens (tertiary/aromatic N) is 1. The van der Waals surface area contributed by atoms with Crippen LogP contribution in [0.4, 0.5) is 0 Å². The lowest BCUT2D eigenvalue weighted by Gasteiger charge is -2.28. The summed E-state index contributed by atoms with van der Waals surface area (Å²) in [5, 5.41) is 0. The van der Waals surface area contributed by atoms with Crippen LogP contribution < -0.4 is 4.89 Å². The molecule has 0 saturated carbocycles. The van der Waals surface area contributed by atoms with Crippen LogP contribution in [0.25, 0.3) is 0 Å². The van der Waals surface area contributed by atoms with Crippen LogP contribution in [0.15, 0.2) is 97.2 Å². The molecule has 0 heterocycles. The molecular formula is C50H84NO8P. The second-order valence-corrected chi connectivity index (χ2v) is 17.5. The largest absolute Gasteiger partial charge is 0.756 e. The highest BCUT2D eigenvalue weighted by Crippen LogP contribution is 2.38. The molecule has 0 saturated heterocycles. The van der Waals surface area contributed by atoms with Crippen LogP contribution >= 0.6 is 7.82 Å². The standard InChI is InChI=1S/C50H84NO8P/c1-6-8-10-12-14-16-18-20-22-24-25-27-28-30-32-34-36-38-40-42-49(52)56-46-48(47-58-60(54,55)57-45-44-51(3,4)5)59-50(53)43-41-39-37-35-33-31-29-26-23-21-19-17-15-13-11-9-7-2/h14,16,20-23,25,27,29-32,35-38,48H,6-13,15,17-19,24,26,28,33-34,39-47H2,1-5H3/b16-14-,22-20-,23-21-,27-25-,31-29-,32-30-,37-35-,38-36-/t48-/m1/s1. The first-order valence-electron chi connectivity index (χ1n) is 22.9. The molecule has 1 unspecified atom stereocenters. The molecule has 0 fully saturated rings. The van der Waals surface area contributed by atoms with Gasteiger partial charge in [-0.3, -0.25) is 14.2 Å². The Morgan fingerprint density at radius 1 is 0.517 bits per heavy atom. The maximum atomic E-state index is 12.7. The van der Waals surface area contributed by atoms with Gasteiger partial charge in [0, 0.05) is 12.8 Å². The van der Waals surface area contributed by atoms with E-state index in [-0.39, 0.29) is 26.1 Å². The first-order valence-corrected chi connectivity index (χ1v) is 24.4. The van der Waals surface area contributed by atoms with E-state index in [1.165, 1.54) is 64.2 Å². The topological polar surface area (TPSA) is 111 Å². The normalized spacial score (nSPS) is 14.4. The Balaban J connectivity index is 4.56. The van der Waals surface area contributed by atoms with Gasteiger partial charge in [0.2, 0.25) is 0 Å². The molecule has 0 aliphatic rings. The van der Waals surface area contributed by atoms with E-state index < -0.39 is 32.5 Å². The highest BCUT2D eigenvalue weighted by Gasteiger charge is 2.21. The maximum absolute atomic E-state index is 12.7. The summed E-state index contributed by atoms with van der Waals surface area (Å²) in [6, 6.07) is 0. The molecule has 0 radical (unpaired) electrons. The predicted molar refractivity (Wildman–Crippen MR) is 249 cm³/mol.